The molecular weight excluding hydrogens is 258 g/mol. The number of hydrogen-bond donors (Lipinski definition) is 1. The van der Waals surface area contributed by atoms with Gasteiger partial charge in [0.25, 0.3) is 0 Å². The molecule has 5 heteroatoms. The smallest absolute Gasteiger partial charge is 0.185 e. The number of hydrogen-bond acceptors (Lipinski definition) is 5. The molecule has 1 unspecified atom stereocenters. The van der Waals surface area contributed by atoms with Crippen molar-refractivity contribution in [1.29, 1.82) is 0 Å². The van der Waals surface area contributed by atoms with E-state index < -0.39 is 0 Å². The molecule has 1 atom stereocenters. The summed E-state index contributed by atoms with van der Waals surface area (Å²) in [5.41, 5.74) is 1.15. The first kappa shape index (κ1) is 14.8. The Morgan fingerprint density at radius 1 is 1.58 bits per heavy atom. The van der Waals surface area contributed by atoms with Crippen molar-refractivity contribution in [3.8, 4) is 0 Å². The van der Waals surface area contributed by atoms with E-state index in [4.69, 9.17) is 9.72 Å². The number of anilines is 1. The summed E-state index contributed by atoms with van der Waals surface area (Å²) in [5, 5.41) is 6.63. The van der Waals surface area contributed by atoms with Crippen molar-refractivity contribution in [3.05, 3.63) is 11.1 Å². The van der Waals surface area contributed by atoms with Crippen LogP contribution in [0.25, 0.3) is 0 Å². The van der Waals surface area contributed by atoms with Gasteiger partial charge in [-0.2, -0.15) is 0 Å². The number of aromatic nitrogens is 1. The minimum atomic E-state index is 0.577. The molecule has 1 fully saturated rings. The minimum absolute atomic E-state index is 0.577. The molecule has 0 spiro atoms. The summed E-state index contributed by atoms with van der Waals surface area (Å²) in [7, 11) is 1.76. The van der Waals surface area contributed by atoms with Gasteiger partial charge in [-0.15, -0.1) is 11.3 Å². The zero-order valence-electron chi connectivity index (χ0n) is 12.2. The first-order valence-electron chi connectivity index (χ1n) is 7.17. The van der Waals surface area contributed by atoms with E-state index in [0.29, 0.717) is 6.04 Å². The average Bonchev–Trinajstić information content (AvgIpc) is 3.17. The van der Waals surface area contributed by atoms with E-state index in [9.17, 15) is 0 Å². The third-order valence-corrected chi connectivity index (χ3v) is 4.60. The zero-order valence-corrected chi connectivity index (χ0v) is 13.0. The van der Waals surface area contributed by atoms with E-state index in [0.717, 1.165) is 43.0 Å². The largest absolute Gasteiger partial charge is 0.383 e. The summed E-state index contributed by atoms with van der Waals surface area (Å²) in [6.45, 7) is 7.98. The molecule has 1 saturated carbocycles. The second-order valence-electron chi connectivity index (χ2n) is 5.17. The Morgan fingerprint density at radius 2 is 2.37 bits per heavy atom. The van der Waals surface area contributed by atoms with Gasteiger partial charge in [0, 0.05) is 31.6 Å². The SMILES string of the molecule is CCNCc1csc(N(CCOC)C(C)C2CC2)n1. The van der Waals surface area contributed by atoms with E-state index in [2.05, 4.69) is 29.4 Å². The highest BCUT2D eigenvalue weighted by molar-refractivity contribution is 7.13. The van der Waals surface area contributed by atoms with Crippen LogP contribution in [0.2, 0.25) is 0 Å². The molecule has 4 nitrogen and oxygen atoms in total. The molecule has 1 N–H and O–H groups in total. The standard InChI is InChI=1S/C14H25N3OS/c1-4-15-9-13-10-19-14(16-13)17(7-8-18-3)11(2)12-5-6-12/h10-12,15H,4-9H2,1-3H3. The van der Waals surface area contributed by atoms with Gasteiger partial charge < -0.3 is 15.0 Å². The Kier molecular flexibility index (Phi) is 5.60. The second kappa shape index (κ2) is 7.22. The average molecular weight is 283 g/mol. The van der Waals surface area contributed by atoms with Crippen LogP contribution in [0.1, 0.15) is 32.4 Å². The molecule has 1 aliphatic rings. The number of nitrogens with zero attached hydrogens (tertiary/aromatic N) is 2. The normalized spacial score (nSPS) is 16.6. The van der Waals surface area contributed by atoms with E-state index >= 15 is 0 Å². The van der Waals surface area contributed by atoms with Crippen LogP contribution in [0.15, 0.2) is 5.38 Å². The lowest BCUT2D eigenvalue weighted by Crippen LogP contribution is -2.37. The lowest BCUT2D eigenvalue weighted by molar-refractivity contribution is 0.202. The number of ether oxygens (including phenoxy) is 1. The molecule has 1 heterocycles. The van der Waals surface area contributed by atoms with Crippen LogP contribution in [0.3, 0.4) is 0 Å². The Bertz CT molecular complexity index is 379. The quantitative estimate of drug-likeness (QED) is 0.755. The molecule has 1 aliphatic carbocycles. The van der Waals surface area contributed by atoms with Crippen LogP contribution in [-0.4, -0.2) is 37.8 Å². The summed E-state index contributed by atoms with van der Waals surface area (Å²) < 4.78 is 5.24. The van der Waals surface area contributed by atoms with Crippen molar-refractivity contribution in [1.82, 2.24) is 10.3 Å². The highest BCUT2D eigenvalue weighted by atomic mass is 32.1. The number of rotatable bonds is 9. The number of nitrogens with one attached hydrogen (secondary N) is 1. The van der Waals surface area contributed by atoms with Gasteiger partial charge >= 0.3 is 0 Å². The Hall–Kier alpha value is -0.650. The maximum atomic E-state index is 5.24. The zero-order chi connectivity index (χ0) is 13.7. The van der Waals surface area contributed by atoms with Crippen molar-refractivity contribution >= 4 is 16.5 Å². The van der Waals surface area contributed by atoms with Crippen LogP contribution in [-0.2, 0) is 11.3 Å². The van der Waals surface area contributed by atoms with Crippen LogP contribution in [0.5, 0.6) is 0 Å². The maximum absolute atomic E-state index is 5.24. The number of thiazole rings is 1. The van der Waals surface area contributed by atoms with Gasteiger partial charge in [0.1, 0.15) is 0 Å². The van der Waals surface area contributed by atoms with Crippen LogP contribution in [0, 0.1) is 5.92 Å². The molecule has 1 aromatic heterocycles. The second-order valence-corrected chi connectivity index (χ2v) is 6.00. The molecule has 0 aliphatic heterocycles. The summed E-state index contributed by atoms with van der Waals surface area (Å²) in [4.78, 5) is 7.18. The molecule has 108 valence electrons. The first-order valence-corrected chi connectivity index (χ1v) is 8.05. The summed E-state index contributed by atoms with van der Waals surface area (Å²) in [6, 6.07) is 0.577. The predicted octanol–water partition coefficient (Wildman–Crippen LogP) is 2.50. The van der Waals surface area contributed by atoms with E-state index in [1.165, 1.54) is 12.8 Å². The lowest BCUT2D eigenvalue weighted by Gasteiger charge is -2.28. The van der Waals surface area contributed by atoms with Gasteiger partial charge in [0.05, 0.1) is 12.3 Å². The monoisotopic (exact) mass is 283 g/mol. The van der Waals surface area contributed by atoms with Crippen molar-refractivity contribution in [3.63, 3.8) is 0 Å². The van der Waals surface area contributed by atoms with Crippen LogP contribution >= 0.6 is 11.3 Å². The fourth-order valence-electron chi connectivity index (χ4n) is 2.26. The van der Waals surface area contributed by atoms with Crippen molar-refractivity contribution in [2.45, 2.75) is 39.3 Å². The highest BCUT2D eigenvalue weighted by Crippen LogP contribution is 2.37. The highest BCUT2D eigenvalue weighted by Gasteiger charge is 2.33. The molecule has 1 aromatic rings. The maximum Gasteiger partial charge on any atom is 0.185 e. The molecule has 0 radical (unpaired) electrons. The molecule has 19 heavy (non-hydrogen) atoms. The van der Waals surface area contributed by atoms with Crippen molar-refractivity contribution in [2.24, 2.45) is 5.92 Å². The van der Waals surface area contributed by atoms with Gasteiger partial charge in [0.2, 0.25) is 0 Å². The van der Waals surface area contributed by atoms with Crippen LogP contribution in [0.4, 0.5) is 5.13 Å². The molecule has 0 saturated heterocycles. The summed E-state index contributed by atoms with van der Waals surface area (Å²) >= 11 is 1.75. The van der Waals surface area contributed by atoms with Crippen LogP contribution < -0.4 is 10.2 Å². The summed E-state index contributed by atoms with van der Waals surface area (Å²) in [5.74, 6) is 0.845. The molecule has 0 aromatic carbocycles. The summed E-state index contributed by atoms with van der Waals surface area (Å²) in [6.07, 6.45) is 2.72. The van der Waals surface area contributed by atoms with Gasteiger partial charge in [-0.25, -0.2) is 4.98 Å². The minimum Gasteiger partial charge on any atom is -0.383 e. The number of methoxy groups -OCH3 is 1. The van der Waals surface area contributed by atoms with Crippen molar-refractivity contribution < 1.29 is 4.74 Å². The van der Waals surface area contributed by atoms with E-state index in [1.54, 1.807) is 18.4 Å². The topological polar surface area (TPSA) is 37.4 Å². The predicted molar refractivity (Wildman–Crippen MR) is 80.9 cm³/mol. The van der Waals surface area contributed by atoms with E-state index in [1.807, 2.05) is 0 Å². The van der Waals surface area contributed by atoms with E-state index in [-0.39, 0.29) is 0 Å². The fraction of sp³-hybridized carbons (Fsp3) is 0.786. The third kappa shape index (κ3) is 4.16. The van der Waals surface area contributed by atoms with Crippen molar-refractivity contribution in [2.75, 3.05) is 31.7 Å². The molecule has 2 rings (SSSR count). The molecule has 0 bridgehead atoms. The molecular formula is C14H25N3OS. The van der Waals surface area contributed by atoms with Gasteiger partial charge in [-0.3, -0.25) is 0 Å². The Labute approximate surface area is 120 Å². The Balaban J connectivity index is 2.01. The van der Waals surface area contributed by atoms with Gasteiger partial charge in [0.15, 0.2) is 5.13 Å². The molecule has 0 amide bonds. The van der Waals surface area contributed by atoms with Gasteiger partial charge in [-0.1, -0.05) is 6.92 Å². The third-order valence-electron chi connectivity index (χ3n) is 3.67. The van der Waals surface area contributed by atoms with Gasteiger partial charge in [-0.05, 0) is 32.2 Å². The fourth-order valence-corrected chi connectivity index (χ4v) is 3.20. The first-order chi connectivity index (χ1) is 9.26. The lowest BCUT2D eigenvalue weighted by atomic mass is 10.2. The Morgan fingerprint density at radius 3 is 3.00 bits per heavy atom.